The molecule has 0 fully saturated rings. The van der Waals surface area contributed by atoms with E-state index < -0.39 is 0 Å². The molecular formula is C15H17ClN2O. The second-order valence-corrected chi connectivity index (χ2v) is 4.91. The van der Waals surface area contributed by atoms with Crippen molar-refractivity contribution in [2.24, 2.45) is 0 Å². The van der Waals surface area contributed by atoms with Crippen molar-refractivity contribution in [3.63, 3.8) is 0 Å². The molecule has 0 bridgehead atoms. The molecule has 0 aliphatic rings. The van der Waals surface area contributed by atoms with Gasteiger partial charge < -0.3 is 10.4 Å². The van der Waals surface area contributed by atoms with E-state index in [2.05, 4.69) is 17.2 Å². The van der Waals surface area contributed by atoms with Gasteiger partial charge in [0.25, 0.3) is 0 Å². The zero-order chi connectivity index (χ0) is 13.7. The summed E-state index contributed by atoms with van der Waals surface area (Å²) in [5, 5.41) is 13.2. The van der Waals surface area contributed by atoms with E-state index in [-0.39, 0.29) is 12.6 Å². The quantitative estimate of drug-likeness (QED) is 0.882. The third-order valence-corrected chi connectivity index (χ3v) is 3.24. The first kappa shape index (κ1) is 14.0. The van der Waals surface area contributed by atoms with Gasteiger partial charge in [0.2, 0.25) is 0 Å². The predicted molar refractivity (Wildman–Crippen MR) is 76.9 cm³/mol. The second kappa shape index (κ2) is 6.66. The van der Waals surface area contributed by atoms with Gasteiger partial charge in [0.15, 0.2) is 0 Å². The summed E-state index contributed by atoms with van der Waals surface area (Å²) in [5.74, 6) is 0. The van der Waals surface area contributed by atoms with Crippen molar-refractivity contribution in [2.45, 2.75) is 26.1 Å². The third kappa shape index (κ3) is 4.03. The van der Waals surface area contributed by atoms with Crippen LogP contribution in [0.25, 0.3) is 0 Å². The molecule has 1 aromatic carbocycles. The molecule has 1 heterocycles. The lowest BCUT2D eigenvalue weighted by Crippen LogP contribution is -2.18. The molecule has 0 aliphatic heterocycles. The van der Waals surface area contributed by atoms with E-state index in [9.17, 15) is 0 Å². The number of rotatable bonds is 5. The Morgan fingerprint density at radius 1 is 1.32 bits per heavy atom. The molecule has 19 heavy (non-hydrogen) atoms. The molecular weight excluding hydrogens is 260 g/mol. The molecule has 1 aromatic heterocycles. The predicted octanol–water partition coefficient (Wildman–Crippen LogP) is 3.08. The summed E-state index contributed by atoms with van der Waals surface area (Å²) < 4.78 is 0. The Morgan fingerprint density at radius 2 is 2.16 bits per heavy atom. The van der Waals surface area contributed by atoms with Crippen LogP contribution < -0.4 is 5.32 Å². The fraction of sp³-hybridized carbons (Fsp3) is 0.267. The first-order chi connectivity index (χ1) is 9.19. The molecule has 0 saturated heterocycles. The SMILES string of the molecule is CC(NCc1ccc(Cl)cn1)c1cccc(CO)c1. The normalized spacial score (nSPS) is 12.4. The molecule has 0 radical (unpaired) electrons. The van der Waals surface area contributed by atoms with E-state index in [1.165, 1.54) is 0 Å². The summed E-state index contributed by atoms with van der Waals surface area (Å²) in [6.45, 7) is 2.84. The lowest BCUT2D eigenvalue weighted by molar-refractivity contribution is 0.281. The van der Waals surface area contributed by atoms with Gasteiger partial charge in [-0.25, -0.2) is 0 Å². The largest absolute Gasteiger partial charge is 0.392 e. The Hall–Kier alpha value is -1.42. The van der Waals surface area contributed by atoms with Gasteiger partial charge in [0, 0.05) is 18.8 Å². The molecule has 0 amide bonds. The summed E-state index contributed by atoms with van der Waals surface area (Å²) in [6.07, 6.45) is 1.65. The van der Waals surface area contributed by atoms with E-state index in [4.69, 9.17) is 16.7 Å². The van der Waals surface area contributed by atoms with Crippen molar-refractivity contribution in [1.29, 1.82) is 0 Å². The van der Waals surface area contributed by atoms with Crippen LogP contribution in [0.3, 0.4) is 0 Å². The van der Waals surface area contributed by atoms with Gasteiger partial charge >= 0.3 is 0 Å². The van der Waals surface area contributed by atoms with Gasteiger partial charge in [0.1, 0.15) is 0 Å². The van der Waals surface area contributed by atoms with Crippen LogP contribution in [-0.2, 0) is 13.2 Å². The van der Waals surface area contributed by atoms with Crippen LogP contribution in [0.5, 0.6) is 0 Å². The number of hydrogen-bond acceptors (Lipinski definition) is 3. The number of pyridine rings is 1. The van der Waals surface area contributed by atoms with E-state index in [0.717, 1.165) is 16.8 Å². The molecule has 1 atom stereocenters. The number of hydrogen-bond donors (Lipinski definition) is 2. The molecule has 0 saturated carbocycles. The van der Waals surface area contributed by atoms with Gasteiger partial charge in [-0.15, -0.1) is 0 Å². The maximum Gasteiger partial charge on any atom is 0.0681 e. The van der Waals surface area contributed by atoms with Crippen molar-refractivity contribution >= 4 is 11.6 Å². The Bertz CT molecular complexity index is 528. The highest BCUT2D eigenvalue weighted by atomic mass is 35.5. The van der Waals surface area contributed by atoms with Crippen molar-refractivity contribution in [3.05, 3.63) is 64.4 Å². The lowest BCUT2D eigenvalue weighted by atomic mass is 10.1. The van der Waals surface area contributed by atoms with Crippen LogP contribution in [0.2, 0.25) is 5.02 Å². The summed E-state index contributed by atoms with van der Waals surface area (Å²) in [4.78, 5) is 4.24. The highest BCUT2D eigenvalue weighted by Crippen LogP contribution is 2.15. The molecule has 0 aliphatic carbocycles. The first-order valence-corrected chi connectivity index (χ1v) is 6.60. The summed E-state index contributed by atoms with van der Waals surface area (Å²) >= 11 is 5.80. The number of benzene rings is 1. The topological polar surface area (TPSA) is 45.2 Å². The molecule has 2 N–H and O–H groups in total. The number of nitrogens with zero attached hydrogens (tertiary/aromatic N) is 1. The smallest absolute Gasteiger partial charge is 0.0681 e. The molecule has 100 valence electrons. The van der Waals surface area contributed by atoms with E-state index in [1.54, 1.807) is 6.20 Å². The maximum atomic E-state index is 9.13. The molecule has 4 heteroatoms. The van der Waals surface area contributed by atoms with Gasteiger partial charge in [-0.1, -0.05) is 35.9 Å². The maximum absolute atomic E-state index is 9.13. The van der Waals surface area contributed by atoms with Gasteiger partial charge in [0.05, 0.1) is 17.3 Å². The minimum atomic E-state index is 0.0687. The fourth-order valence-corrected chi connectivity index (χ4v) is 1.96. The number of halogens is 1. The van der Waals surface area contributed by atoms with Crippen molar-refractivity contribution < 1.29 is 5.11 Å². The van der Waals surface area contributed by atoms with Crippen LogP contribution >= 0.6 is 11.6 Å². The number of aromatic nitrogens is 1. The van der Waals surface area contributed by atoms with Gasteiger partial charge in [-0.2, -0.15) is 0 Å². The summed E-state index contributed by atoms with van der Waals surface area (Å²) in [7, 11) is 0. The molecule has 3 nitrogen and oxygen atoms in total. The minimum absolute atomic E-state index is 0.0687. The molecule has 1 unspecified atom stereocenters. The fourth-order valence-electron chi connectivity index (χ4n) is 1.85. The summed E-state index contributed by atoms with van der Waals surface area (Å²) in [6, 6.07) is 11.9. The van der Waals surface area contributed by atoms with Crippen LogP contribution in [0.15, 0.2) is 42.6 Å². The average Bonchev–Trinajstić information content (AvgIpc) is 2.46. The highest BCUT2D eigenvalue weighted by molar-refractivity contribution is 6.30. The Balaban J connectivity index is 1.96. The van der Waals surface area contributed by atoms with Crippen LogP contribution in [0.1, 0.15) is 29.8 Å². The average molecular weight is 277 g/mol. The van der Waals surface area contributed by atoms with Crippen molar-refractivity contribution in [3.8, 4) is 0 Å². The Kier molecular flexibility index (Phi) is 4.91. The van der Waals surface area contributed by atoms with Gasteiger partial charge in [-0.3, -0.25) is 4.98 Å². The van der Waals surface area contributed by atoms with Crippen LogP contribution in [0, 0.1) is 0 Å². The highest BCUT2D eigenvalue weighted by Gasteiger charge is 2.05. The first-order valence-electron chi connectivity index (χ1n) is 6.22. The number of aliphatic hydroxyl groups excluding tert-OH is 1. The monoisotopic (exact) mass is 276 g/mol. The van der Waals surface area contributed by atoms with Crippen molar-refractivity contribution in [1.82, 2.24) is 10.3 Å². The van der Waals surface area contributed by atoms with Crippen LogP contribution in [-0.4, -0.2) is 10.1 Å². The standard InChI is InChI=1S/C15H17ClN2O/c1-11(13-4-2-3-12(7-13)10-19)17-9-15-6-5-14(16)8-18-15/h2-8,11,17,19H,9-10H2,1H3. The zero-order valence-electron chi connectivity index (χ0n) is 10.8. The summed E-state index contributed by atoms with van der Waals surface area (Å²) in [5.41, 5.74) is 3.03. The van der Waals surface area contributed by atoms with E-state index >= 15 is 0 Å². The molecule has 2 aromatic rings. The lowest BCUT2D eigenvalue weighted by Gasteiger charge is -2.14. The molecule has 2 rings (SSSR count). The number of nitrogens with one attached hydrogen (secondary N) is 1. The Labute approximate surface area is 118 Å². The van der Waals surface area contributed by atoms with Crippen LogP contribution in [0.4, 0.5) is 0 Å². The second-order valence-electron chi connectivity index (χ2n) is 4.47. The molecule has 0 spiro atoms. The van der Waals surface area contributed by atoms with E-state index in [0.29, 0.717) is 11.6 Å². The zero-order valence-corrected chi connectivity index (χ0v) is 11.6. The minimum Gasteiger partial charge on any atom is -0.392 e. The third-order valence-electron chi connectivity index (χ3n) is 3.01. The van der Waals surface area contributed by atoms with Gasteiger partial charge in [-0.05, 0) is 30.2 Å². The number of aliphatic hydroxyl groups is 1. The Morgan fingerprint density at radius 3 is 2.84 bits per heavy atom. The van der Waals surface area contributed by atoms with E-state index in [1.807, 2.05) is 36.4 Å². The van der Waals surface area contributed by atoms with Crippen molar-refractivity contribution in [2.75, 3.05) is 0 Å².